The first-order chi connectivity index (χ1) is 8.86. The minimum atomic E-state index is 0.573. The number of aromatic amines is 1. The number of nitrogens with one attached hydrogen (secondary N) is 1. The third kappa shape index (κ3) is 2.18. The van der Waals surface area contributed by atoms with E-state index in [2.05, 4.69) is 22.1 Å². The molecule has 1 aromatic heterocycles. The number of hydrogen-bond donors (Lipinski definition) is 2. The first-order valence-electron chi connectivity index (χ1n) is 6.71. The molecule has 3 rings (SSSR count). The first-order valence-corrected chi connectivity index (χ1v) is 6.71. The average molecular weight is 241 g/mol. The van der Waals surface area contributed by atoms with E-state index in [0.717, 1.165) is 17.0 Å². The zero-order chi connectivity index (χ0) is 12.4. The van der Waals surface area contributed by atoms with Gasteiger partial charge in [-0.15, -0.1) is 0 Å². The third-order valence-corrected chi connectivity index (χ3v) is 3.83. The monoisotopic (exact) mass is 241 g/mol. The van der Waals surface area contributed by atoms with Gasteiger partial charge in [0.25, 0.3) is 0 Å². The van der Waals surface area contributed by atoms with Gasteiger partial charge in [-0.1, -0.05) is 31.0 Å². The molecule has 3 heteroatoms. The van der Waals surface area contributed by atoms with E-state index in [1.54, 1.807) is 0 Å². The van der Waals surface area contributed by atoms with E-state index in [1.165, 1.54) is 31.4 Å². The van der Waals surface area contributed by atoms with Crippen LogP contribution in [-0.2, 0) is 6.54 Å². The molecule has 1 aliphatic carbocycles. The molecule has 3 N–H and O–H groups in total. The summed E-state index contributed by atoms with van der Waals surface area (Å²) in [5, 5.41) is 0. The number of nitrogens with zero attached hydrogens (tertiary/aromatic N) is 1. The van der Waals surface area contributed by atoms with E-state index in [4.69, 9.17) is 5.73 Å². The minimum Gasteiger partial charge on any atom is -0.342 e. The van der Waals surface area contributed by atoms with Crippen molar-refractivity contribution in [1.29, 1.82) is 0 Å². The van der Waals surface area contributed by atoms with Crippen LogP contribution in [0.5, 0.6) is 0 Å². The summed E-state index contributed by atoms with van der Waals surface area (Å²) in [5.74, 6) is 1.65. The number of nitrogens with two attached hydrogens (primary N) is 1. The summed E-state index contributed by atoms with van der Waals surface area (Å²) < 4.78 is 0. The molecule has 0 radical (unpaired) electrons. The van der Waals surface area contributed by atoms with Gasteiger partial charge >= 0.3 is 0 Å². The first kappa shape index (κ1) is 11.5. The molecule has 94 valence electrons. The zero-order valence-corrected chi connectivity index (χ0v) is 10.5. The molecule has 0 bridgehead atoms. The van der Waals surface area contributed by atoms with Crippen molar-refractivity contribution in [3.05, 3.63) is 41.7 Å². The molecular weight excluding hydrogens is 222 g/mol. The van der Waals surface area contributed by atoms with Crippen molar-refractivity contribution in [2.75, 3.05) is 0 Å². The van der Waals surface area contributed by atoms with Gasteiger partial charge in [0.2, 0.25) is 0 Å². The van der Waals surface area contributed by atoms with E-state index in [0.29, 0.717) is 12.5 Å². The molecule has 1 saturated carbocycles. The van der Waals surface area contributed by atoms with Crippen LogP contribution in [0.25, 0.3) is 11.4 Å². The van der Waals surface area contributed by atoms with E-state index in [9.17, 15) is 0 Å². The second-order valence-electron chi connectivity index (χ2n) is 5.07. The predicted molar refractivity (Wildman–Crippen MR) is 73.1 cm³/mol. The highest BCUT2D eigenvalue weighted by Crippen LogP contribution is 2.33. The molecule has 0 atom stereocenters. The lowest BCUT2D eigenvalue weighted by Crippen LogP contribution is -1.96. The smallest absolute Gasteiger partial charge is 0.137 e. The topological polar surface area (TPSA) is 54.7 Å². The molecule has 0 amide bonds. The fraction of sp³-hybridized carbons (Fsp3) is 0.400. The van der Waals surface area contributed by atoms with Crippen LogP contribution >= 0.6 is 0 Å². The maximum Gasteiger partial charge on any atom is 0.137 e. The summed E-state index contributed by atoms with van der Waals surface area (Å²) in [5.41, 5.74) is 9.23. The average Bonchev–Trinajstić information content (AvgIpc) is 3.09. The molecule has 1 aliphatic rings. The van der Waals surface area contributed by atoms with Crippen molar-refractivity contribution in [3.63, 3.8) is 0 Å². The minimum absolute atomic E-state index is 0.573. The predicted octanol–water partition coefficient (Wildman–Crippen LogP) is 3.19. The Bertz CT molecular complexity index is 524. The van der Waals surface area contributed by atoms with Crippen molar-refractivity contribution < 1.29 is 0 Å². The molecule has 2 aromatic rings. The Kier molecular flexibility index (Phi) is 3.15. The van der Waals surface area contributed by atoms with Gasteiger partial charge in [0.15, 0.2) is 0 Å². The number of aromatic nitrogens is 2. The van der Waals surface area contributed by atoms with Gasteiger partial charge in [-0.3, -0.25) is 0 Å². The second-order valence-corrected chi connectivity index (χ2v) is 5.07. The summed E-state index contributed by atoms with van der Waals surface area (Å²) in [7, 11) is 0. The van der Waals surface area contributed by atoms with Crippen molar-refractivity contribution in [3.8, 4) is 11.4 Å². The number of imidazole rings is 1. The third-order valence-electron chi connectivity index (χ3n) is 3.83. The number of hydrogen-bond acceptors (Lipinski definition) is 2. The van der Waals surface area contributed by atoms with Crippen molar-refractivity contribution in [2.24, 2.45) is 5.73 Å². The van der Waals surface area contributed by atoms with Crippen LogP contribution in [0, 0.1) is 0 Å². The highest BCUT2D eigenvalue weighted by atomic mass is 14.9. The Morgan fingerprint density at radius 2 is 2.11 bits per heavy atom. The van der Waals surface area contributed by atoms with Gasteiger partial charge in [-0.2, -0.15) is 0 Å². The summed E-state index contributed by atoms with van der Waals surface area (Å²) >= 11 is 0. The Morgan fingerprint density at radius 1 is 1.28 bits per heavy atom. The lowest BCUT2D eigenvalue weighted by atomic mass is 10.1. The fourth-order valence-corrected chi connectivity index (χ4v) is 2.77. The SMILES string of the molecule is NCc1cccc(-c2ncc(C3CCCC3)[nH]2)c1. The van der Waals surface area contributed by atoms with Gasteiger partial charge in [0, 0.05) is 29.9 Å². The summed E-state index contributed by atoms with van der Waals surface area (Å²) in [6.07, 6.45) is 7.29. The standard InChI is InChI=1S/C15H19N3/c16-9-11-4-3-7-13(8-11)15-17-10-14(18-15)12-5-1-2-6-12/h3-4,7-8,10,12H,1-2,5-6,9,16H2,(H,17,18). The normalized spacial score (nSPS) is 16.3. The number of H-pyrrole nitrogens is 1. The summed E-state index contributed by atoms with van der Waals surface area (Å²) in [6, 6.07) is 8.27. The van der Waals surface area contributed by atoms with E-state index in [1.807, 2.05) is 18.3 Å². The maximum atomic E-state index is 5.67. The Hall–Kier alpha value is -1.61. The maximum absolute atomic E-state index is 5.67. The van der Waals surface area contributed by atoms with Crippen LogP contribution in [0.1, 0.15) is 42.9 Å². The Balaban J connectivity index is 1.87. The second kappa shape index (κ2) is 4.94. The number of benzene rings is 1. The van der Waals surface area contributed by atoms with Crippen LogP contribution in [0.4, 0.5) is 0 Å². The largest absolute Gasteiger partial charge is 0.342 e. The molecule has 1 heterocycles. The Morgan fingerprint density at radius 3 is 2.89 bits per heavy atom. The van der Waals surface area contributed by atoms with Gasteiger partial charge in [0.05, 0.1) is 0 Å². The molecule has 0 saturated heterocycles. The fourth-order valence-electron chi connectivity index (χ4n) is 2.77. The Labute approximate surface area is 107 Å². The highest BCUT2D eigenvalue weighted by molar-refractivity contribution is 5.56. The summed E-state index contributed by atoms with van der Waals surface area (Å²) in [4.78, 5) is 7.98. The molecule has 0 unspecified atom stereocenters. The van der Waals surface area contributed by atoms with Gasteiger partial charge in [0.1, 0.15) is 5.82 Å². The van der Waals surface area contributed by atoms with Crippen LogP contribution < -0.4 is 5.73 Å². The van der Waals surface area contributed by atoms with E-state index in [-0.39, 0.29) is 0 Å². The van der Waals surface area contributed by atoms with Crippen LogP contribution in [-0.4, -0.2) is 9.97 Å². The van der Waals surface area contributed by atoms with Gasteiger partial charge in [-0.05, 0) is 24.5 Å². The molecule has 18 heavy (non-hydrogen) atoms. The van der Waals surface area contributed by atoms with Gasteiger partial charge < -0.3 is 10.7 Å². The van der Waals surface area contributed by atoms with Crippen LogP contribution in [0.2, 0.25) is 0 Å². The van der Waals surface area contributed by atoms with Gasteiger partial charge in [-0.25, -0.2) is 4.98 Å². The molecular formula is C15H19N3. The van der Waals surface area contributed by atoms with Crippen molar-refractivity contribution in [2.45, 2.75) is 38.1 Å². The lowest BCUT2D eigenvalue weighted by Gasteiger charge is -2.05. The molecule has 1 fully saturated rings. The molecule has 0 aliphatic heterocycles. The highest BCUT2D eigenvalue weighted by Gasteiger charge is 2.19. The number of rotatable bonds is 3. The van der Waals surface area contributed by atoms with E-state index < -0.39 is 0 Å². The van der Waals surface area contributed by atoms with Crippen molar-refractivity contribution >= 4 is 0 Å². The van der Waals surface area contributed by atoms with Crippen LogP contribution in [0.3, 0.4) is 0 Å². The molecule has 1 aromatic carbocycles. The summed E-state index contributed by atoms with van der Waals surface area (Å²) in [6.45, 7) is 0.573. The zero-order valence-electron chi connectivity index (χ0n) is 10.5. The van der Waals surface area contributed by atoms with E-state index >= 15 is 0 Å². The van der Waals surface area contributed by atoms with Crippen molar-refractivity contribution in [1.82, 2.24) is 9.97 Å². The van der Waals surface area contributed by atoms with Crippen LogP contribution in [0.15, 0.2) is 30.5 Å². The molecule has 0 spiro atoms. The molecule has 3 nitrogen and oxygen atoms in total. The lowest BCUT2D eigenvalue weighted by molar-refractivity contribution is 0.703. The quantitative estimate of drug-likeness (QED) is 0.867.